The summed E-state index contributed by atoms with van der Waals surface area (Å²) in [5.41, 5.74) is 2.20. The van der Waals surface area contributed by atoms with E-state index in [2.05, 4.69) is 5.32 Å². The van der Waals surface area contributed by atoms with Crippen molar-refractivity contribution in [1.82, 2.24) is 9.62 Å². The highest BCUT2D eigenvalue weighted by Gasteiger charge is 2.17. The second-order valence-electron chi connectivity index (χ2n) is 6.26. The first kappa shape index (κ1) is 20.1. The average Bonchev–Trinajstić information content (AvgIpc) is 2.63. The molecular formula is C20H26N2O3S. The summed E-state index contributed by atoms with van der Waals surface area (Å²) in [5, 5.41) is 2.83. The Bertz CT molecular complexity index is 777. The highest BCUT2D eigenvalue weighted by molar-refractivity contribution is 7.88. The molecule has 2 aromatic rings. The van der Waals surface area contributed by atoms with Crippen LogP contribution in [0.25, 0.3) is 0 Å². The van der Waals surface area contributed by atoms with Gasteiger partial charge in [-0.25, -0.2) is 12.7 Å². The van der Waals surface area contributed by atoms with Crippen LogP contribution in [0.1, 0.15) is 24.0 Å². The van der Waals surface area contributed by atoms with Crippen LogP contribution in [-0.2, 0) is 27.8 Å². The molecule has 1 N–H and O–H groups in total. The van der Waals surface area contributed by atoms with Crippen LogP contribution in [0.4, 0.5) is 0 Å². The maximum Gasteiger partial charge on any atom is 0.221 e. The third-order valence-electron chi connectivity index (χ3n) is 4.11. The van der Waals surface area contributed by atoms with E-state index in [1.54, 1.807) is 0 Å². The largest absolute Gasteiger partial charge is 0.352 e. The first-order valence-electron chi connectivity index (χ1n) is 8.75. The molecule has 6 heteroatoms. The van der Waals surface area contributed by atoms with Crippen molar-refractivity contribution >= 4 is 15.9 Å². The fourth-order valence-corrected chi connectivity index (χ4v) is 3.54. The lowest BCUT2D eigenvalue weighted by Crippen LogP contribution is -2.35. The van der Waals surface area contributed by atoms with Gasteiger partial charge >= 0.3 is 0 Å². The number of benzene rings is 2. The van der Waals surface area contributed by atoms with E-state index in [1.165, 1.54) is 16.1 Å². The van der Waals surface area contributed by atoms with Gasteiger partial charge < -0.3 is 5.32 Å². The summed E-state index contributed by atoms with van der Waals surface area (Å²) in [4.78, 5) is 12.0. The van der Waals surface area contributed by atoms with E-state index in [4.69, 9.17) is 0 Å². The summed E-state index contributed by atoms with van der Waals surface area (Å²) < 4.78 is 25.3. The van der Waals surface area contributed by atoms with Crippen molar-refractivity contribution in [2.45, 2.75) is 25.8 Å². The lowest BCUT2D eigenvalue weighted by Gasteiger charge is -2.19. The van der Waals surface area contributed by atoms with Crippen LogP contribution in [-0.4, -0.2) is 38.0 Å². The van der Waals surface area contributed by atoms with Crippen molar-refractivity contribution < 1.29 is 13.2 Å². The monoisotopic (exact) mass is 374 g/mol. The summed E-state index contributed by atoms with van der Waals surface area (Å²) in [6.07, 6.45) is 2.89. The van der Waals surface area contributed by atoms with Crippen molar-refractivity contribution in [3.63, 3.8) is 0 Å². The van der Waals surface area contributed by atoms with E-state index in [1.807, 2.05) is 60.7 Å². The third kappa shape index (κ3) is 7.37. The van der Waals surface area contributed by atoms with Gasteiger partial charge in [0.1, 0.15) is 0 Å². The quantitative estimate of drug-likeness (QED) is 0.695. The number of sulfonamides is 1. The number of nitrogens with zero attached hydrogens (tertiary/aromatic N) is 1. The smallest absolute Gasteiger partial charge is 0.221 e. The molecule has 0 bridgehead atoms. The van der Waals surface area contributed by atoms with Gasteiger partial charge in [-0.05, 0) is 24.0 Å². The van der Waals surface area contributed by atoms with Crippen LogP contribution in [0.15, 0.2) is 60.7 Å². The Morgan fingerprint density at radius 3 is 2.08 bits per heavy atom. The first-order valence-corrected chi connectivity index (χ1v) is 10.6. The van der Waals surface area contributed by atoms with Gasteiger partial charge in [0.05, 0.1) is 6.26 Å². The Hall–Kier alpha value is -2.18. The number of amides is 1. The minimum absolute atomic E-state index is 0.148. The lowest BCUT2D eigenvalue weighted by molar-refractivity contribution is -0.121. The molecular weight excluding hydrogens is 348 g/mol. The number of nitrogens with one attached hydrogen (secondary N) is 1. The molecule has 0 aliphatic carbocycles. The van der Waals surface area contributed by atoms with Gasteiger partial charge in [-0.3, -0.25) is 4.79 Å². The lowest BCUT2D eigenvalue weighted by atomic mass is 10.1. The van der Waals surface area contributed by atoms with E-state index in [-0.39, 0.29) is 18.9 Å². The maximum atomic E-state index is 12.0. The molecule has 0 saturated heterocycles. The Morgan fingerprint density at radius 2 is 1.50 bits per heavy atom. The fourth-order valence-electron chi connectivity index (χ4n) is 2.66. The highest BCUT2D eigenvalue weighted by Crippen LogP contribution is 2.07. The zero-order chi connectivity index (χ0) is 18.8. The highest BCUT2D eigenvalue weighted by atomic mass is 32.2. The molecule has 0 unspecified atom stereocenters. The summed E-state index contributed by atoms with van der Waals surface area (Å²) in [5.74, 6) is -0.148. The molecule has 0 fully saturated rings. The van der Waals surface area contributed by atoms with Crippen molar-refractivity contribution in [3.05, 3.63) is 71.8 Å². The van der Waals surface area contributed by atoms with Crippen molar-refractivity contribution in [2.24, 2.45) is 0 Å². The Balaban J connectivity index is 1.77. The van der Waals surface area contributed by atoms with E-state index in [9.17, 15) is 13.2 Å². The molecule has 5 nitrogen and oxygen atoms in total. The van der Waals surface area contributed by atoms with Crippen LogP contribution in [0, 0.1) is 0 Å². The second-order valence-corrected chi connectivity index (χ2v) is 8.25. The van der Waals surface area contributed by atoms with E-state index in [0.29, 0.717) is 13.1 Å². The predicted octanol–water partition coefficient (Wildman–Crippen LogP) is 2.59. The zero-order valence-corrected chi connectivity index (χ0v) is 15.9. The molecule has 140 valence electrons. The SMILES string of the molecule is CS(=O)(=O)N(CCCc1ccccc1)CCC(=O)NCc1ccccc1. The van der Waals surface area contributed by atoms with Gasteiger partial charge in [0.25, 0.3) is 0 Å². The molecule has 0 aliphatic rings. The van der Waals surface area contributed by atoms with E-state index < -0.39 is 10.0 Å². The first-order chi connectivity index (χ1) is 12.4. The van der Waals surface area contributed by atoms with Gasteiger partial charge in [0.15, 0.2) is 0 Å². The van der Waals surface area contributed by atoms with Gasteiger partial charge in [-0.1, -0.05) is 60.7 Å². The van der Waals surface area contributed by atoms with Crippen molar-refractivity contribution in [2.75, 3.05) is 19.3 Å². The van der Waals surface area contributed by atoms with Gasteiger partial charge in [0.2, 0.25) is 15.9 Å². The van der Waals surface area contributed by atoms with E-state index in [0.717, 1.165) is 18.4 Å². The molecule has 0 radical (unpaired) electrons. The van der Waals surface area contributed by atoms with Gasteiger partial charge in [-0.15, -0.1) is 0 Å². The third-order valence-corrected chi connectivity index (χ3v) is 5.41. The number of aryl methyl sites for hydroxylation is 1. The number of rotatable bonds is 10. The molecule has 0 atom stereocenters. The Kier molecular flexibility index (Phi) is 7.81. The predicted molar refractivity (Wildman–Crippen MR) is 104 cm³/mol. The molecule has 0 saturated carbocycles. The maximum absolute atomic E-state index is 12.0. The summed E-state index contributed by atoms with van der Waals surface area (Å²) in [6, 6.07) is 19.6. The molecule has 0 heterocycles. The summed E-state index contributed by atoms with van der Waals surface area (Å²) in [6.45, 7) is 1.07. The Labute approximate surface area is 156 Å². The molecule has 2 aromatic carbocycles. The summed E-state index contributed by atoms with van der Waals surface area (Å²) in [7, 11) is -3.33. The zero-order valence-electron chi connectivity index (χ0n) is 15.1. The molecule has 0 aliphatic heterocycles. The Morgan fingerprint density at radius 1 is 0.923 bits per heavy atom. The summed E-state index contributed by atoms with van der Waals surface area (Å²) >= 11 is 0. The van der Waals surface area contributed by atoms with Crippen molar-refractivity contribution in [3.8, 4) is 0 Å². The molecule has 0 spiro atoms. The molecule has 2 rings (SSSR count). The topological polar surface area (TPSA) is 66.5 Å². The van der Waals surface area contributed by atoms with Crippen molar-refractivity contribution in [1.29, 1.82) is 0 Å². The normalized spacial score (nSPS) is 11.5. The minimum atomic E-state index is -3.33. The standard InChI is InChI=1S/C20H26N2O3S/c1-26(24,25)22(15-8-13-18-9-4-2-5-10-18)16-14-20(23)21-17-19-11-6-3-7-12-19/h2-7,9-12H,8,13-17H2,1H3,(H,21,23). The van der Waals surface area contributed by atoms with Crippen LogP contribution in [0.5, 0.6) is 0 Å². The van der Waals surface area contributed by atoms with Crippen LogP contribution < -0.4 is 5.32 Å². The minimum Gasteiger partial charge on any atom is -0.352 e. The average molecular weight is 375 g/mol. The van der Waals surface area contributed by atoms with Gasteiger partial charge in [0, 0.05) is 26.1 Å². The van der Waals surface area contributed by atoms with Gasteiger partial charge in [-0.2, -0.15) is 0 Å². The van der Waals surface area contributed by atoms with Crippen LogP contribution in [0.2, 0.25) is 0 Å². The molecule has 0 aromatic heterocycles. The number of carbonyl (C=O) groups is 1. The number of carbonyl (C=O) groups excluding carboxylic acids is 1. The van der Waals surface area contributed by atoms with Crippen LogP contribution >= 0.6 is 0 Å². The molecule has 26 heavy (non-hydrogen) atoms. The molecule has 1 amide bonds. The fraction of sp³-hybridized carbons (Fsp3) is 0.350. The number of hydrogen-bond acceptors (Lipinski definition) is 3. The second kappa shape index (κ2) is 10.1. The van der Waals surface area contributed by atoms with Crippen LogP contribution in [0.3, 0.4) is 0 Å². The number of hydrogen-bond donors (Lipinski definition) is 1. The van der Waals surface area contributed by atoms with E-state index >= 15 is 0 Å².